The second kappa shape index (κ2) is 5.34. The molecule has 0 aliphatic heterocycles. The van der Waals surface area contributed by atoms with Crippen LogP contribution in [0.25, 0.3) is 0 Å². The van der Waals surface area contributed by atoms with Crippen LogP contribution in [-0.2, 0) is 9.59 Å². The zero-order valence-electron chi connectivity index (χ0n) is 10.3. The first kappa shape index (κ1) is 13.0. The van der Waals surface area contributed by atoms with Crippen LogP contribution in [0.2, 0.25) is 0 Å². The Morgan fingerprint density at radius 3 is 2.12 bits per heavy atom. The number of amides is 2. The minimum absolute atomic E-state index is 0.0340. The number of carbonyl (C=O) groups excluding carboxylic acids is 2. The molecular weight excluding hydrogens is 218 g/mol. The highest BCUT2D eigenvalue weighted by molar-refractivity contribution is 5.97. The highest BCUT2D eigenvalue weighted by Gasteiger charge is 2.16. The SMILES string of the molecule is CC(=O)N(CC(=O)N(C)C)c1ccc(N)cc1. The van der Waals surface area contributed by atoms with Gasteiger partial charge in [-0.1, -0.05) is 0 Å². The number of benzene rings is 1. The summed E-state index contributed by atoms with van der Waals surface area (Å²) in [6, 6.07) is 6.84. The predicted molar refractivity (Wildman–Crippen MR) is 67.6 cm³/mol. The molecule has 0 unspecified atom stereocenters. The van der Waals surface area contributed by atoms with Crippen molar-refractivity contribution in [3.8, 4) is 0 Å². The number of anilines is 2. The third kappa shape index (κ3) is 3.48. The van der Waals surface area contributed by atoms with Gasteiger partial charge in [0, 0.05) is 32.4 Å². The molecule has 1 rings (SSSR count). The normalized spacial score (nSPS) is 9.82. The number of nitrogens with zero attached hydrogens (tertiary/aromatic N) is 2. The van der Waals surface area contributed by atoms with E-state index in [4.69, 9.17) is 5.73 Å². The lowest BCUT2D eigenvalue weighted by atomic mass is 10.2. The molecule has 0 spiro atoms. The fraction of sp³-hybridized carbons (Fsp3) is 0.333. The summed E-state index contributed by atoms with van der Waals surface area (Å²) in [4.78, 5) is 26.0. The molecule has 5 nitrogen and oxygen atoms in total. The second-order valence-electron chi connectivity index (χ2n) is 3.98. The topological polar surface area (TPSA) is 66.6 Å². The molecule has 0 heterocycles. The third-order valence-corrected chi connectivity index (χ3v) is 2.38. The monoisotopic (exact) mass is 235 g/mol. The van der Waals surface area contributed by atoms with E-state index in [1.54, 1.807) is 38.4 Å². The van der Waals surface area contributed by atoms with Crippen molar-refractivity contribution in [2.45, 2.75) is 6.92 Å². The molecule has 0 saturated carbocycles. The Hall–Kier alpha value is -2.04. The molecule has 2 amide bonds. The summed E-state index contributed by atoms with van der Waals surface area (Å²) >= 11 is 0. The molecular formula is C12H17N3O2. The van der Waals surface area contributed by atoms with Crippen molar-refractivity contribution in [3.05, 3.63) is 24.3 Å². The predicted octanol–water partition coefficient (Wildman–Crippen LogP) is 0.710. The van der Waals surface area contributed by atoms with Crippen molar-refractivity contribution in [1.29, 1.82) is 0 Å². The molecule has 0 bridgehead atoms. The second-order valence-corrected chi connectivity index (χ2v) is 3.98. The maximum absolute atomic E-state index is 11.6. The summed E-state index contributed by atoms with van der Waals surface area (Å²) in [7, 11) is 3.31. The van der Waals surface area contributed by atoms with E-state index in [1.807, 2.05) is 0 Å². The van der Waals surface area contributed by atoms with Crippen molar-refractivity contribution in [3.63, 3.8) is 0 Å². The molecule has 0 aliphatic carbocycles. The number of hydrogen-bond acceptors (Lipinski definition) is 3. The number of hydrogen-bond donors (Lipinski definition) is 1. The van der Waals surface area contributed by atoms with Crippen molar-refractivity contribution >= 4 is 23.2 Å². The van der Waals surface area contributed by atoms with E-state index in [-0.39, 0.29) is 18.4 Å². The van der Waals surface area contributed by atoms with E-state index in [9.17, 15) is 9.59 Å². The summed E-state index contributed by atoms with van der Waals surface area (Å²) in [5, 5.41) is 0. The van der Waals surface area contributed by atoms with Gasteiger partial charge in [0.15, 0.2) is 0 Å². The molecule has 0 aromatic heterocycles. The van der Waals surface area contributed by atoms with Crippen molar-refractivity contribution in [2.24, 2.45) is 0 Å². The maximum atomic E-state index is 11.6. The van der Waals surface area contributed by atoms with Crippen LogP contribution in [0.4, 0.5) is 11.4 Å². The Labute approximate surface area is 101 Å². The molecule has 0 radical (unpaired) electrons. The molecule has 5 heteroatoms. The molecule has 1 aromatic carbocycles. The van der Waals surface area contributed by atoms with Crippen LogP contribution in [0.5, 0.6) is 0 Å². The highest BCUT2D eigenvalue weighted by Crippen LogP contribution is 2.16. The summed E-state index contributed by atoms with van der Waals surface area (Å²) < 4.78 is 0. The Morgan fingerprint density at radius 1 is 1.18 bits per heavy atom. The average Bonchev–Trinajstić information content (AvgIpc) is 2.26. The first-order valence-electron chi connectivity index (χ1n) is 5.25. The van der Waals surface area contributed by atoms with Crippen LogP contribution < -0.4 is 10.6 Å². The van der Waals surface area contributed by atoms with Gasteiger partial charge < -0.3 is 15.5 Å². The Morgan fingerprint density at radius 2 is 1.71 bits per heavy atom. The Balaban J connectivity index is 2.90. The molecule has 0 atom stereocenters. The molecule has 92 valence electrons. The van der Waals surface area contributed by atoms with Gasteiger partial charge in [0.25, 0.3) is 0 Å². The minimum Gasteiger partial charge on any atom is -0.399 e. The standard InChI is InChI=1S/C12H17N3O2/c1-9(16)15(8-12(17)14(2)3)11-6-4-10(13)5-7-11/h4-7H,8,13H2,1-3H3. The van der Waals surface area contributed by atoms with Crippen LogP contribution >= 0.6 is 0 Å². The van der Waals surface area contributed by atoms with Gasteiger partial charge in [-0.3, -0.25) is 9.59 Å². The van der Waals surface area contributed by atoms with Gasteiger partial charge in [-0.15, -0.1) is 0 Å². The number of nitrogens with two attached hydrogens (primary N) is 1. The lowest BCUT2D eigenvalue weighted by Crippen LogP contribution is -2.39. The Kier molecular flexibility index (Phi) is 4.09. The molecule has 0 aliphatic rings. The van der Waals surface area contributed by atoms with E-state index >= 15 is 0 Å². The summed E-state index contributed by atoms with van der Waals surface area (Å²) in [6.07, 6.45) is 0. The van der Waals surface area contributed by atoms with E-state index in [0.717, 1.165) is 0 Å². The van der Waals surface area contributed by atoms with E-state index in [1.165, 1.54) is 16.7 Å². The summed E-state index contributed by atoms with van der Waals surface area (Å²) in [5.74, 6) is -0.304. The van der Waals surface area contributed by atoms with E-state index in [0.29, 0.717) is 11.4 Å². The first-order chi connectivity index (χ1) is 7.91. The molecule has 0 saturated heterocycles. The van der Waals surface area contributed by atoms with Gasteiger partial charge in [-0.2, -0.15) is 0 Å². The van der Waals surface area contributed by atoms with Gasteiger partial charge in [0.1, 0.15) is 6.54 Å². The number of nitrogen functional groups attached to an aromatic ring is 1. The third-order valence-electron chi connectivity index (χ3n) is 2.38. The number of rotatable bonds is 3. The quantitative estimate of drug-likeness (QED) is 0.785. The zero-order chi connectivity index (χ0) is 13.0. The summed E-state index contributed by atoms with van der Waals surface area (Å²) in [6.45, 7) is 1.46. The van der Waals surface area contributed by atoms with Crippen molar-refractivity contribution < 1.29 is 9.59 Å². The maximum Gasteiger partial charge on any atom is 0.242 e. The zero-order valence-corrected chi connectivity index (χ0v) is 10.3. The number of likely N-dealkylation sites (N-methyl/N-ethyl adjacent to an activating group) is 1. The van der Waals surface area contributed by atoms with Crippen LogP contribution in [-0.4, -0.2) is 37.4 Å². The van der Waals surface area contributed by atoms with Gasteiger partial charge in [0.2, 0.25) is 11.8 Å². The van der Waals surface area contributed by atoms with Crippen LogP contribution in [0.15, 0.2) is 24.3 Å². The molecule has 17 heavy (non-hydrogen) atoms. The number of carbonyl (C=O) groups is 2. The van der Waals surface area contributed by atoms with Crippen LogP contribution in [0, 0.1) is 0 Å². The van der Waals surface area contributed by atoms with E-state index in [2.05, 4.69) is 0 Å². The van der Waals surface area contributed by atoms with Crippen molar-refractivity contribution in [1.82, 2.24) is 4.90 Å². The fourth-order valence-electron chi connectivity index (χ4n) is 1.32. The van der Waals surface area contributed by atoms with E-state index < -0.39 is 0 Å². The summed E-state index contributed by atoms with van der Waals surface area (Å²) in [5.41, 5.74) is 6.86. The smallest absolute Gasteiger partial charge is 0.242 e. The van der Waals surface area contributed by atoms with Crippen molar-refractivity contribution in [2.75, 3.05) is 31.3 Å². The van der Waals surface area contributed by atoms with Crippen LogP contribution in [0.1, 0.15) is 6.92 Å². The lowest BCUT2D eigenvalue weighted by Gasteiger charge is -2.22. The Bertz CT molecular complexity index is 412. The molecule has 1 aromatic rings. The van der Waals surface area contributed by atoms with Gasteiger partial charge >= 0.3 is 0 Å². The largest absolute Gasteiger partial charge is 0.399 e. The van der Waals surface area contributed by atoms with Gasteiger partial charge in [0.05, 0.1) is 0 Å². The average molecular weight is 235 g/mol. The molecule has 0 fully saturated rings. The minimum atomic E-state index is -0.176. The first-order valence-corrected chi connectivity index (χ1v) is 5.25. The lowest BCUT2D eigenvalue weighted by molar-refractivity contribution is -0.129. The highest BCUT2D eigenvalue weighted by atomic mass is 16.2. The molecule has 2 N–H and O–H groups in total. The van der Waals surface area contributed by atoms with Crippen LogP contribution in [0.3, 0.4) is 0 Å². The van der Waals surface area contributed by atoms with Gasteiger partial charge in [-0.25, -0.2) is 0 Å². The fourth-order valence-corrected chi connectivity index (χ4v) is 1.32. The van der Waals surface area contributed by atoms with Gasteiger partial charge in [-0.05, 0) is 24.3 Å².